The van der Waals surface area contributed by atoms with Gasteiger partial charge < -0.3 is 31.8 Å². The van der Waals surface area contributed by atoms with Crippen LogP contribution in [0.25, 0.3) is 10.9 Å². The summed E-state index contributed by atoms with van der Waals surface area (Å²) in [7, 11) is 0. The second kappa shape index (κ2) is 14.8. The summed E-state index contributed by atoms with van der Waals surface area (Å²) >= 11 is 1.58. The fourth-order valence-electron chi connectivity index (χ4n) is 4.13. The van der Waals surface area contributed by atoms with Crippen LogP contribution in [0.3, 0.4) is 0 Å². The molecule has 0 bridgehead atoms. The highest BCUT2D eigenvalue weighted by Crippen LogP contribution is 2.19. The average Bonchev–Trinajstić information content (AvgIpc) is 3.26. The third-order valence-electron chi connectivity index (χ3n) is 6.27. The minimum Gasteiger partial charge on any atom is -0.480 e. The third-order valence-corrected chi connectivity index (χ3v) is 6.91. The van der Waals surface area contributed by atoms with E-state index in [0.717, 1.165) is 16.5 Å². The molecule has 0 saturated heterocycles. The van der Waals surface area contributed by atoms with E-state index in [0.29, 0.717) is 18.6 Å². The van der Waals surface area contributed by atoms with Gasteiger partial charge in [-0.05, 0) is 48.3 Å². The van der Waals surface area contributed by atoms with Gasteiger partial charge in [-0.15, -0.1) is 0 Å². The zero-order chi connectivity index (χ0) is 28.4. The predicted octanol–water partition coefficient (Wildman–Crippen LogP) is 2.03. The van der Waals surface area contributed by atoms with E-state index in [1.165, 1.54) is 0 Å². The summed E-state index contributed by atoms with van der Waals surface area (Å²) in [6, 6.07) is 3.70. The highest BCUT2D eigenvalue weighted by Gasteiger charge is 2.32. The summed E-state index contributed by atoms with van der Waals surface area (Å²) in [6.07, 6.45) is 4.57. The van der Waals surface area contributed by atoms with E-state index in [-0.39, 0.29) is 18.3 Å². The Morgan fingerprint density at radius 1 is 0.974 bits per heavy atom. The van der Waals surface area contributed by atoms with Crippen molar-refractivity contribution in [2.75, 3.05) is 12.0 Å². The summed E-state index contributed by atoms with van der Waals surface area (Å²) in [4.78, 5) is 54.2. The Kier molecular flexibility index (Phi) is 12.1. The van der Waals surface area contributed by atoms with Gasteiger partial charge in [-0.1, -0.05) is 45.9 Å². The van der Waals surface area contributed by atoms with Crippen molar-refractivity contribution in [3.63, 3.8) is 0 Å². The van der Waals surface area contributed by atoms with Crippen molar-refractivity contribution in [3.8, 4) is 0 Å². The van der Waals surface area contributed by atoms with E-state index in [2.05, 4.69) is 20.9 Å². The monoisotopic (exact) mass is 547 g/mol. The Balaban J connectivity index is 2.13. The third kappa shape index (κ3) is 9.05. The SMILES string of the molecule is CSCCC(N)C(=O)NC(CC(C)C)C(=O)NC(C(=O)NC(Cc1c[nH]c2ccccc12)C(=O)O)C(C)C. The topological polar surface area (TPSA) is 166 Å². The van der Waals surface area contributed by atoms with Gasteiger partial charge in [-0.2, -0.15) is 11.8 Å². The van der Waals surface area contributed by atoms with E-state index in [1.807, 2.05) is 44.4 Å². The molecule has 10 nitrogen and oxygen atoms in total. The number of aliphatic carboxylic acids is 1. The van der Waals surface area contributed by atoms with Gasteiger partial charge in [0, 0.05) is 23.5 Å². The standard InChI is InChI=1S/C27H41N5O5S/c1-15(2)12-21(30-24(33)19(28)10-11-38-5)25(34)32-23(16(3)4)26(35)31-22(27(36)37)13-17-14-29-20-9-7-6-8-18(17)20/h6-9,14-16,19,21-23,29H,10-13,28H2,1-5H3,(H,30,33)(H,31,35)(H,32,34)(H,36,37). The molecule has 4 atom stereocenters. The summed E-state index contributed by atoms with van der Waals surface area (Å²) in [5.74, 6) is -2.24. The number of nitrogens with one attached hydrogen (secondary N) is 4. The number of thioether (sulfide) groups is 1. The van der Waals surface area contributed by atoms with E-state index in [1.54, 1.807) is 31.8 Å². The summed E-state index contributed by atoms with van der Waals surface area (Å²) in [5, 5.41) is 18.8. The molecular formula is C27H41N5O5S. The lowest BCUT2D eigenvalue weighted by Gasteiger charge is -2.27. The molecule has 0 aliphatic carbocycles. The molecule has 7 N–H and O–H groups in total. The van der Waals surface area contributed by atoms with Crippen LogP contribution in [0.5, 0.6) is 0 Å². The molecule has 210 valence electrons. The fourth-order valence-corrected chi connectivity index (χ4v) is 4.62. The second-order valence-electron chi connectivity index (χ2n) is 10.3. The Bertz CT molecular complexity index is 1100. The van der Waals surface area contributed by atoms with Crippen molar-refractivity contribution >= 4 is 46.4 Å². The minimum atomic E-state index is -1.19. The van der Waals surface area contributed by atoms with Gasteiger partial charge >= 0.3 is 5.97 Å². The maximum absolute atomic E-state index is 13.2. The summed E-state index contributed by atoms with van der Waals surface area (Å²) in [5.41, 5.74) is 7.61. The van der Waals surface area contributed by atoms with Crippen molar-refractivity contribution in [1.29, 1.82) is 0 Å². The number of carboxylic acids is 1. The molecule has 1 aromatic carbocycles. The maximum Gasteiger partial charge on any atom is 0.326 e. The predicted molar refractivity (Wildman–Crippen MR) is 151 cm³/mol. The largest absolute Gasteiger partial charge is 0.480 e. The highest BCUT2D eigenvalue weighted by atomic mass is 32.2. The Morgan fingerprint density at radius 2 is 1.63 bits per heavy atom. The molecule has 4 unspecified atom stereocenters. The first-order valence-electron chi connectivity index (χ1n) is 12.9. The number of para-hydroxylation sites is 1. The van der Waals surface area contributed by atoms with Crippen LogP contribution in [0.15, 0.2) is 30.5 Å². The number of rotatable bonds is 15. The molecule has 0 aliphatic heterocycles. The Hall–Kier alpha value is -3.05. The van der Waals surface area contributed by atoms with Crippen LogP contribution in [-0.4, -0.2) is 70.0 Å². The average molecular weight is 548 g/mol. The van der Waals surface area contributed by atoms with Crippen LogP contribution in [0.4, 0.5) is 0 Å². The van der Waals surface area contributed by atoms with Gasteiger partial charge in [0.1, 0.15) is 18.1 Å². The molecule has 0 saturated carbocycles. The van der Waals surface area contributed by atoms with E-state index in [4.69, 9.17) is 5.73 Å². The van der Waals surface area contributed by atoms with E-state index in [9.17, 15) is 24.3 Å². The van der Waals surface area contributed by atoms with Crippen molar-refractivity contribution in [3.05, 3.63) is 36.0 Å². The second-order valence-corrected chi connectivity index (χ2v) is 11.3. The van der Waals surface area contributed by atoms with Gasteiger partial charge in [-0.25, -0.2) is 4.79 Å². The normalized spacial score (nSPS) is 14.6. The summed E-state index contributed by atoms with van der Waals surface area (Å²) < 4.78 is 0. The van der Waals surface area contributed by atoms with Crippen LogP contribution in [-0.2, 0) is 25.6 Å². The lowest BCUT2D eigenvalue weighted by atomic mass is 9.98. The quantitative estimate of drug-likeness (QED) is 0.198. The smallest absolute Gasteiger partial charge is 0.326 e. The van der Waals surface area contributed by atoms with Crippen LogP contribution < -0.4 is 21.7 Å². The number of hydrogen-bond donors (Lipinski definition) is 6. The first-order chi connectivity index (χ1) is 17.9. The van der Waals surface area contributed by atoms with Gasteiger partial charge in [0.25, 0.3) is 0 Å². The number of benzene rings is 1. The van der Waals surface area contributed by atoms with Crippen molar-refractivity contribution < 1.29 is 24.3 Å². The molecule has 1 heterocycles. The van der Waals surface area contributed by atoms with Gasteiger partial charge in [0.2, 0.25) is 17.7 Å². The number of fused-ring (bicyclic) bond motifs is 1. The molecule has 0 radical (unpaired) electrons. The first kappa shape index (κ1) is 31.2. The number of carbonyl (C=O) groups is 4. The summed E-state index contributed by atoms with van der Waals surface area (Å²) in [6.45, 7) is 7.37. The number of aromatic nitrogens is 1. The molecule has 0 spiro atoms. The van der Waals surface area contributed by atoms with E-state index < -0.39 is 47.9 Å². The van der Waals surface area contributed by atoms with Crippen LogP contribution in [0, 0.1) is 11.8 Å². The van der Waals surface area contributed by atoms with Crippen molar-refractivity contribution in [2.24, 2.45) is 17.6 Å². The van der Waals surface area contributed by atoms with E-state index >= 15 is 0 Å². The Labute approximate surface area is 228 Å². The van der Waals surface area contributed by atoms with Crippen LogP contribution in [0.1, 0.15) is 46.1 Å². The molecule has 38 heavy (non-hydrogen) atoms. The van der Waals surface area contributed by atoms with Crippen LogP contribution in [0.2, 0.25) is 0 Å². The fraction of sp³-hybridized carbons (Fsp3) is 0.556. The minimum absolute atomic E-state index is 0.0732. The first-order valence-corrected chi connectivity index (χ1v) is 14.3. The van der Waals surface area contributed by atoms with Gasteiger partial charge in [-0.3, -0.25) is 14.4 Å². The van der Waals surface area contributed by atoms with Crippen LogP contribution >= 0.6 is 11.8 Å². The number of amides is 3. The molecule has 0 aliphatic rings. The molecule has 2 aromatic rings. The zero-order valence-corrected chi connectivity index (χ0v) is 23.6. The Morgan fingerprint density at radius 3 is 2.24 bits per heavy atom. The molecule has 0 fully saturated rings. The molecule has 1 aromatic heterocycles. The van der Waals surface area contributed by atoms with Gasteiger partial charge in [0.15, 0.2) is 0 Å². The van der Waals surface area contributed by atoms with Crippen molar-refractivity contribution in [2.45, 2.75) is 71.1 Å². The number of nitrogens with two attached hydrogens (primary N) is 1. The molecule has 11 heteroatoms. The molecular weight excluding hydrogens is 506 g/mol. The number of aromatic amines is 1. The lowest BCUT2D eigenvalue weighted by Crippen LogP contribution is -2.58. The molecule has 2 rings (SSSR count). The molecule has 3 amide bonds. The van der Waals surface area contributed by atoms with Gasteiger partial charge in [0.05, 0.1) is 6.04 Å². The highest BCUT2D eigenvalue weighted by molar-refractivity contribution is 7.98. The number of hydrogen-bond acceptors (Lipinski definition) is 6. The number of H-pyrrole nitrogens is 1. The van der Waals surface area contributed by atoms with Crippen molar-refractivity contribution in [1.82, 2.24) is 20.9 Å². The zero-order valence-electron chi connectivity index (χ0n) is 22.7. The lowest BCUT2D eigenvalue weighted by molar-refractivity contribution is -0.142. The maximum atomic E-state index is 13.2. The number of carboxylic acid groups (broad SMARTS) is 1. The number of carbonyl (C=O) groups excluding carboxylic acids is 3.